The number of ketones is 1. The molecule has 0 aromatic rings. The number of carbonyl (C=O) groups is 5. The second kappa shape index (κ2) is 15.7. The first-order valence-corrected chi connectivity index (χ1v) is 20.4. The van der Waals surface area contributed by atoms with E-state index in [0.717, 1.165) is 51.4 Å². The lowest BCUT2D eigenvalue weighted by Crippen LogP contribution is -2.66. The molecule has 2 heterocycles. The Balaban J connectivity index is 1.37. The monoisotopic (exact) mass is 719 g/mol. The molecule has 5 fully saturated rings. The van der Waals surface area contributed by atoms with Crippen molar-refractivity contribution in [2.75, 3.05) is 32.1 Å². The van der Waals surface area contributed by atoms with Gasteiger partial charge in [-0.2, -0.15) is 0 Å². The molecule has 14 heteroatoms. The van der Waals surface area contributed by atoms with Gasteiger partial charge in [0.25, 0.3) is 5.91 Å². The molecule has 0 aromatic carbocycles. The van der Waals surface area contributed by atoms with E-state index in [1.807, 2.05) is 6.92 Å². The highest BCUT2D eigenvalue weighted by atomic mass is 32.2. The molecule has 4 N–H and O–H groups in total. The third-order valence-corrected chi connectivity index (χ3v) is 14.4. The van der Waals surface area contributed by atoms with Gasteiger partial charge in [-0.25, -0.2) is 13.2 Å². The normalized spacial score (nSPS) is 29.4. The van der Waals surface area contributed by atoms with Gasteiger partial charge in [0.2, 0.25) is 17.6 Å². The number of fused-ring (bicyclic) bond motifs is 1. The van der Waals surface area contributed by atoms with Crippen LogP contribution in [0.15, 0.2) is 12.7 Å². The maximum atomic E-state index is 14.7. The molecule has 0 spiro atoms. The molecule has 280 valence electrons. The average molecular weight is 720 g/mol. The number of nitrogens with zero attached hydrogens (tertiary/aromatic N) is 1. The summed E-state index contributed by atoms with van der Waals surface area (Å²) in [5.74, 6) is -2.68. The fourth-order valence-corrected chi connectivity index (χ4v) is 11.2. The highest BCUT2D eigenvalue weighted by molar-refractivity contribution is 7.92. The number of hydrogen-bond donors (Lipinski definition) is 4. The Hall–Kier alpha value is -3.00. The molecule has 0 radical (unpaired) electrons. The Morgan fingerprint density at radius 2 is 1.68 bits per heavy atom. The van der Waals surface area contributed by atoms with Crippen LogP contribution >= 0.6 is 0 Å². The van der Waals surface area contributed by atoms with Gasteiger partial charge in [0, 0.05) is 13.1 Å². The maximum Gasteiger partial charge on any atom is 0.315 e. The summed E-state index contributed by atoms with van der Waals surface area (Å²) >= 11 is 0. The van der Waals surface area contributed by atoms with Crippen LogP contribution in [0.1, 0.15) is 97.8 Å². The van der Waals surface area contributed by atoms with Crippen LogP contribution in [0.25, 0.3) is 0 Å². The predicted octanol–water partition coefficient (Wildman–Crippen LogP) is 2.39. The Morgan fingerprint density at radius 3 is 2.32 bits per heavy atom. The van der Waals surface area contributed by atoms with Crippen molar-refractivity contribution < 1.29 is 37.1 Å². The number of piperidine rings is 1. The summed E-state index contributed by atoms with van der Waals surface area (Å²) in [4.78, 5) is 69.9. The number of ether oxygens (including phenoxy) is 1. The second-order valence-corrected chi connectivity index (χ2v) is 18.0. The summed E-state index contributed by atoms with van der Waals surface area (Å²) < 4.78 is 32.1. The van der Waals surface area contributed by atoms with Gasteiger partial charge in [-0.1, -0.05) is 71.8 Å². The van der Waals surface area contributed by atoms with Crippen LogP contribution < -0.4 is 21.3 Å². The van der Waals surface area contributed by atoms with Crippen molar-refractivity contribution in [1.29, 1.82) is 0 Å². The quantitative estimate of drug-likeness (QED) is 0.166. The van der Waals surface area contributed by atoms with Gasteiger partial charge in [-0.15, -0.1) is 6.58 Å². The van der Waals surface area contributed by atoms with Gasteiger partial charge in [0.1, 0.15) is 17.3 Å². The molecule has 5 rings (SSSR count). The average Bonchev–Trinajstić information content (AvgIpc) is 3.39. The van der Waals surface area contributed by atoms with Crippen LogP contribution in [-0.2, 0) is 33.8 Å². The lowest BCUT2D eigenvalue weighted by atomic mass is 9.79. The van der Waals surface area contributed by atoms with Crippen LogP contribution in [0.4, 0.5) is 4.79 Å². The van der Waals surface area contributed by atoms with E-state index in [0.29, 0.717) is 25.8 Å². The first kappa shape index (κ1) is 38.2. The van der Waals surface area contributed by atoms with Crippen molar-refractivity contribution in [3.05, 3.63) is 12.7 Å². The van der Waals surface area contributed by atoms with E-state index in [1.54, 1.807) is 4.90 Å². The minimum atomic E-state index is -3.51. The molecule has 1 unspecified atom stereocenters. The highest BCUT2D eigenvalue weighted by Crippen LogP contribution is 2.65. The fraction of sp³-hybridized carbons (Fsp3) is 0.806. The van der Waals surface area contributed by atoms with Crippen LogP contribution in [0.3, 0.4) is 0 Å². The Morgan fingerprint density at radius 1 is 1.00 bits per heavy atom. The van der Waals surface area contributed by atoms with Crippen LogP contribution in [0.5, 0.6) is 0 Å². The van der Waals surface area contributed by atoms with Crippen LogP contribution in [0, 0.1) is 23.2 Å². The third kappa shape index (κ3) is 7.90. The number of sulfone groups is 1. The molecule has 3 aliphatic carbocycles. The van der Waals surface area contributed by atoms with Crippen molar-refractivity contribution in [2.45, 2.75) is 127 Å². The second-order valence-electron chi connectivity index (χ2n) is 15.7. The van der Waals surface area contributed by atoms with Crippen LogP contribution in [0.2, 0.25) is 0 Å². The number of likely N-dealkylation sites (tertiary alicyclic amines) is 1. The topological polar surface area (TPSA) is 180 Å². The fourth-order valence-electron chi connectivity index (χ4n) is 9.29. The number of hydrogen-bond acceptors (Lipinski definition) is 8. The zero-order chi connectivity index (χ0) is 36.3. The predicted molar refractivity (Wildman–Crippen MR) is 188 cm³/mol. The van der Waals surface area contributed by atoms with E-state index in [9.17, 15) is 32.4 Å². The number of carbonyl (C=O) groups excluding carboxylic acids is 5. The number of rotatable bonds is 13. The molecule has 6 atom stereocenters. The van der Waals surface area contributed by atoms with Crippen molar-refractivity contribution in [3.63, 3.8) is 0 Å². The number of urea groups is 1. The van der Waals surface area contributed by atoms with Gasteiger partial charge in [-0.3, -0.25) is 19.2 Å². The molecular weight excluding hydrogens is 662 g/mol. The van der Waals surface area contributed by atoms with Crippen molar-refractivity contribution >= 4 is 39.4 Å². The zero-order valence-corrected chi connectivity index (χ0v) is 30.8. The Bertz CT molecular complexity index is 1420. The minimum absolute atomic E-state index is 0.0220. The van der Waals surface area contributed by atoms with E-state index in [-0.39, 0.29) is 61.0 Å². The molecule has 2 saturated heterocycles. The van der Waals surface area contributed by atoms with E-state index in [1.165, 1.54) is 6.08 Å². The summed E-state index contributed by atoms with van der Waals surface area (Å²) in [5, 5.41) is 10.5. The molecule has 0 aromatic heterocycles. The lowest BCUT2D eigenvalue weighted by molar-refractivity contribution is -0.144. The summed E-state index contributed by atoms with van der Waals surface area (Å²) in [7, 11) is -3.51. The van der Waals surface area contributed by atoms with Gasteiger partial charge < -0.3 is 30.9 Å². The Kier molecular flexibility index (Phi) is 12.0. The van der Waals surface area contributed by atoms with Crippen molar-refractivity contribution in [1.82, 2.24) is 26.2 Å². The molecule has 5 aliphatic rings. The molecule has 2 aliphatic heterocycles. The van der Waals surface area contributed by atoms with Gasteiger partial charge in [0.15, 0.2) is 9.84 Å². The number of Topliss-reactive ketones (excluding diaryl/α,β-unsaturated/α-hetero) is 1. The van der Waals surface area contributed by atoms with Crippen molar-refractivity contribution in [2.24, 2.45) is 23.2 Å². The Labute approximate surface area is 296 Å². The molecule has 5 amide bonds. The van der Waals surface area contributed by atoms with Gasteiger partial charge in [-0.05, 0) is 55.3 Å². The summed E-state index contributed by atoms with van der Waals surface area (Å²) in [6, 6.07) is -3.40. The molecule has 50 heavy (non-hydrogen) atoms. The van der Waals surface area contributed by atoms with Crippen molar-refractivity contribution in [3.8, 4) is 0 Å². The van der Waals surface area contributed by atoms with E-state index >= 15 is 0 Å². The molecule has 13 nitrogen and oxygen atoms in total. The first-order valence-electron chi connectivity index (χ1n) is 18.7. The number of nitrogens with one attached hydrogen (secondary N) is 4. The first-order chi connectivity index (χ1) is 23.8. The van der Waals surface area contributed by atoms with E-state index in [4.69, 9.17) is 4.74 Å². The summed E-state index contributed by atoms with van der Waals surface area (Å²) in [5.41, 5.74) is -1.20. The molecular formula is C36H57N5O8S. The maximum absolute atomic E-state index is 14.7. The lowest BCUT2D eigenvalue weighted by Gasteiger charge is -2.45. The van der Waals surface area contributed by atoms with Gasteiger partial charge in [0.05, 0.1) is 30.5 Å². The summed E-state index contributed by atoms with van der Waals surface area (Å²) in [6.45, 7) is 10.2. The zero-order valence-electron chi connectivity index (χ0n) is 30.0. The van der Waals surface area contributed by atoms with Gasteiger partial charge >= 0.3 is 6.03 Å². The third-order valence-electron chi connectivity index (χ3n) is 12.2. The van der Waals surface area contributed by atoms with E-state index < -0.39 is 62.4 Å². The summed E-state index contributed by atoms with van der Waals surface area (Å²) in [6.07, 6.45) is 10.1. The smallest absolute Gasteiger partial charge is 0.315 e. The number of amides is 5. The molecule has 0 bridgehead atoms. The SMILES string of the molecule is C=CCNC(=O)C(=O)[C@H](CCC)NC(=O)[C@@H]1[C@@H]2[C@H](CN1C(=O)[C@@H](NC(=O)NC1(C3COCCS3(=O)=O)CCCCC1)C1CCCCC1)C2(C)C. The standard InChI is InChI=1S/C36H57N5O8S/c1-5-13-25(30(42)32(44)37-18-6-2)38-31(43)29-27-24(35(27,3)4)21-41(29)33(45)28(23-14-9-7-10-15-23)39-34(46)40-36(16-11-8-12-17-36)26-22-49-19-20-50(26,47)48/h6,23-29H,2,5,7-22H2,1,3-4H3,(H,37,44)(H,38,43)(H2,39,40,46)/t24-,25-,26?,27-,28-,29-/m0/s1. The van der Waals surface area contributed by atoms with Crippen LogP contribution in [-0.4, -0.2) is 104 Å². The largest absolute Gasteiger partial charge is 0.379 e. The minimum Gasteiger partial charge on any atom is -0.379 e. The molecule has 3 saturated carbocycles. The van der Waals surface area contributed by atoms with E-state index in [2.05, 4.69) is 41.7 Å². The highest BCUT2D eigenvalue weighted by Gasteiger charge is 2.70.